The van der Waals surface area contributed by atoms with Crippen LogP contribution in [0.3, 0.4) is 0 Å². The van der Waals surface area contributed by atoms with Crippen LogP contribution >= 0.6 is 11.8 Å². The van der Waals surface area contributed by atoms with Crippen molar-refractivity contribution in [3.05, 3.63) is 54.6 Å². The summed E-state index contributed by atoms with van der Waals surface area (Å²) in [5, 5.41) is 9.40. The number of esters is 1. The lowest BCUT2D eigenvalue weighted by Crippen LogP contribution is -2.57. The maximum atomic E-state index is 14.7. The summed E-state index contributed by atoms with van der Waals surface area (Å²) in [5.74, 6) is -1.65. The van der Waals surface area contributed by atoms with Crippen LogP contribution in [0.2, 0.25) is 0 Å². The lowest BCUT2D eigenvalue weighted by molar-refractivity contribution is -0.154. The molecule has 40 heavy (non-hydrogen) atoms. The molecule has 1 aromatic carbocycles. The smallest absolute Gasteiger partial charge is 0.310 e. The number of likely N-dealkylation sites (tertiary alicyclic amines) is 1. The summed E-state index contributed by atoms with van der Waals surface area (Å²) in [6.07, 6.45) is 7.99. The zero-order valence-corrected chi connectivity index (χ0v) is 25.0. The Kier molecular flexibility index (Phi) is 9.83. The van der Waals surface area contributed by atoms with Crippen molar-refractivity contribution in [2.75, 3.05) is 31.2 Å². The van der Waals surface area contributed by atoms with Gasteiger partial charge in [-0.3, -0.25) is 14.4 Å². The van der Waals surface area contributed by atoms with Crippen LogP contribution < -0.4 is 4.90 Å². The van der Waals surface area contributed by atoms with Gasteiger partial charge < -0.3 is 19.6 Å². The van der Waals surface area contributed by atoms with Crippen LogP contribution in [0.1, 0.15) is 56.6 Å². The van der Waals surface area contributed by atoms with E-state index in [0.717, 1.165) is 42.5 Å². The third-order valence-corrected chi connectivity index (χ3v) is 11.0. The average molecular weight is 569 g/mol. The van der Waals surface area contributed by atoms with Crippen molar-refractivity contribution in [1.29, 1.82) is 0 Å². The van der Waals surface area contributed by atoms with Crippen LogP contribution in [0.25, 0.3) is 0 Å². The number of rotatable bonds is 14. The maximum Gasteiger partial charge on any atom is 0.310 e. The van der Waals surface area contributed by atoms with E-state index in [4.69, 9.17) is 4.74 Å². The number of ether oxygens (including phenoxy) is 1. The Balaban J connectivity index is 1.72. The molecule has 0 radical (unpaired) electrons. The van der Waals surface area contributed by atoms with Gasteiger partial charge in [0.25, 0.3) is 5.91 Å². The van der Waals surface area contributed by atoms with Gasteiger partial charge >= 0.3 is 5.97 Å². The normalized spacial score (nSPS) is 28.4. The fraction of sp³-hybridized carbons (Fsp3) is 0.594. The van der Waals surface area contributed by atoms with Crippen molar-refractivity contribution in [2.45, 2.75) is 75.3 Å². The van der Waals surface area contributed by atoms with E-state index in [2.05, 4.69) is 20.1 Å². The van der Waals surface area contributed by atoms with Crippen LogP contribution in [0, 0.1) is 31.6 Å². The third kappa shape index (κ3) is 5.25. The van der Waals surface area contributed by atoms with E-state index in [1.54, 1.807) is 27.6 Å². The van der Waals surface area contributed by atoms with E-state index in [-0.39, 0.29) is 35.6 Å². The first kappa shape index (κ1) is 30.4. The second kappa shape index (κ2) is 12.9. The zero-order chi connectivity index (χ0) is 29.0. The Labute approximate surface area is 243 Å². The first-order chi connectivity index (χ1) is 19.2. The molecule has 2 amide bonds. The number of benzene rings is 1. The van der Waals surface area contributed by atoms with E-state index in [9.17, 15) is 19.5 Å². The number of carbonyl (C=O) groups is 3. The number of carbonyl (C=O) groups excluding carboxylic acids is 3. The van der Waals surface area contributed by atoms with Crippen LogP contribution in [0.15, 0.2) is 43.5 Å². The number of anilines is 1. The lowest BCUT2D eigenvalue weighted by Gasteiger charge is -2.41. The largest absolute Gasteiger partial charge is 0.465 e. The van der Waals surface area contributed by atoms with Crippen molar-refractivity contribution >= 4 is 35.2 Å². The Morgan fingerprint density at radius 2 is 1.90 bits per heavy atom. The highest BCUT2D eigenvalue weighted by molar-refractivity contribution is 8.02. The second-order valence-electron chi connectivity index (χ2n) is 11.4. The third-order valence-electron chi connectivity index (χ3n) is 8.89. The van der Waals surface area contributed by atoms with Crippen molar-refractivity contribution in [1.82, 2.24) is 4.90 Å². The van der Waals surface area contributed by atoms with Crippen LogP contribution in [0.5, 0.6) is 0 Å². The van der Waals surface area contributed by atoms with Gasteiger partial charge in [-0.2, -0.15) is 0 Å². The number of aliphatic hydroxyl groups is 1. The number of thioether (sulfide) groups is 1. The fourth-order valence-electron chi connectivity index (χ4n) is 7.16. The molecule has 218 valence electrons. The molecule has 7 nitrogen and oxygen atoms in total. The van der Waals surface area contributed by atoms with Gasteiger partial charge in [0.15, 0.2) is 0 Å². The minimum atomic E-state index is -0.710. The molecule has 3 aliphatic heterocycles. The Morgan fingerprint density at radius 3 is 2.55 bits per heavy atom. The van der Waals surface area contributed by atoms with E-state index < -0.39 is 22.6 Å². The summed E-state index contributed by atoms with van der Waals surface area (Å²) in [7, 11) is 0. The highest BCUT2D eigenvalue weighted by atomic mass is 32.2. The predicted molar refractivity (Wildman–Crippen MR) is 160 cm³/mol. The Bertz CT molecular complexity index is 1120. The quantitative estimate of drug-likeness (QED) is 0.197. The summed E-state index contributed by atoms with van der Waals surface area (Å²) < 4.78 is 5.02. The number of hydrogen-bond acceptors (Lipinski definition) is 6. The Hall–Kier alpha value is -2.58. The van der Waals surface area contributed by atoms with Crippen molar-refractivity contribution in [2.24, 2.45) is 17.8 Å². The predicted octanol–water partition coefficient (Wildman–Crippen LogP) is 4.83. The molecule has 6 atom stereocenters. The standard InChI is InChI=1S/C32H44N2O5S/c1-6-8-9-12-19-39-31(38)25-24-20-23(5)32(40-24)26(25)29(36)34(17-10-11-18-35)28(32)30(37)33(16-7-2)27-21(3)14-13-15-22(27)4/h6-7,13-15,23-26,28,35H,1-2,8-12,16-20H2,3-5H3/t23?,24-,25+,26-,28?,32?/m0/s1. The van der Waals surface area contributed by atoms with Gasteiger partial charge in [0.05, 0.1) is 23.2 Å². The number of unbranched alkanes of at least 4 members (excludes halogenated alkanes) is 3. The molecule has 1 aromatic rings. The molecule has 0 aliphatic carbocycles. The number of fused-ring (bicyclic) bond motifs is 1. The summed E-state index contributed by atoms with van der Waals surface area (Å²) >= 11 is 1.66. The molecule has 0 aromatic heterocycles. The van der Waals surface area contributed by atoms with Crippen LogP contribution in [-0.2, 0) is 19.1 Å². The number of para-hydroxylation sites is 1. The van der Waals surface area contributed by atoms with E-state index >= 15 is 0 Å². The molecule has 1 spiro atoms. The van der Waals surface area contributed by atoms with Gasteiger partial charge in [0.2, 0.25) is 5.91 Å². The van der Waals surface area contributed by atoms with Gasteiger partial charge in [-0.15, -0.1) is 24.9 Å². The highest BCUT2D eigenvalue weighted by Gasteiger charge is 2.76. The van der Waals surface area contributed by atoms with Gasteiger partial charge in [-0.05, 0) is 69.4 Å². The average Bonchev–Trinajstić information content (AvgIpc) is 3.51. The van der Waals surface area contributed by atoms with Crippen LogP contribution in [-0.4, -0.2) is 70.1 Å². The summed E-state index contributed by atoms with van der Waals surface area (Å²) in [6.45, 7) is 14.8. The van der Waals surface area contributed by atoms with Crippen LogP contribution in [0.4, 0.5) is 5.69 Å². The number of hydrogen-bond donors (Lipinski definition) is 1. The van der Waals surface area contributed by atoms with Crippen molar-refractivity contribution < 1.29 is 24.2 Å². The maximum absolute atomic E-state index is 14.7. The molecule has 3 saturated heterocycles. The molecule has 0 saturated carbocycles. The zero-order valence-electron chi connectivity index (χ0n) is 24.1. The molecular formula is C32H44N2O5S. The van der Waals surface area contributed by atoms with Gasteiger partial charge in [0, 0.05) is 30.6 Å². The Morgan fingerprint density at radius 1 is 1.18 bits per heavy atom. The lowest BCUT2D eigenvalue weighted by atomic mass is 9.66. The molecule has 3 heterocycles. The van der Waals surface area contributed by atoms with E-state index in [1.165, 1.54) is 0 Å². The van der Waals surface area contributed by atoms with E-state index in [0.29, 0.717) is 32.5 Å². The summed E-state index contributed by atoms with van der Waals surface area (Å²) in [5.41, 5.74) is 2.81. The number of allylic oxidation sites excluding steroid dienone is 1. The summed E-state index contributed by atoms with van der Waals surface area (Å²) in [4.78, 5) is 46.0. The highest BCUT2D eigenvalue weighted by Crippen LogP contribution is 2.69. The first-order valence-electron chi connectivity index (χ1n) is 14.6. The molecule has 3 unspecified atom stereocenters. The van der Waals surface area contributed by atoms with Gasteiger partial charge in [0.1, 0.15) is 6.04 Å². The van der Waals surface area contributed by atoms with Crippen molar-refractivity contribution in [3.8, 4) is 0 Å². The number of nitrogens with zero attached hydrogens (tertiary/aromatic N) is 2. The summed E-state index contributed by atoms with van der Waals surface area (Å²) in [6, 6.07) is 5.25. The topological polar surface area (TPSA) is 87.2 Å². The first-order valence-corrected chi connectivity index (χ1v) is 15.5. The number of amides is 2. The minimum Gasteiger partial charge on any atom is -0.465 e. The van der Waals surface area contributed by atoms with Gasteiger partial charge in [-0.1, -0.05) is 37.3 Å². The SMILES string of the molecule is C=CCCCCOC(=O)[C@@H]1[C@@H]2CC(C)C3(S2)C(C(=O)N(CC=C)c2c(C)cccc2C)N(CCCCO)C(=O)[C@H]13. The van der Waals surface area contributed by atoms with E-state index in [1.807, 2.05) is 38.1 Å². The second-order valence-corrected chi connectivity index (χ2v) is 13.0. The fourth-order valence-corrected chi connectivity index (χ4v) is 9.56. The monoisotopic (exact) mass is 568 g/mol. The molecule has 8 heteroatoms. The molecule has 1 N–H and O–H groups in total. The minimum absolute atomic E-state index is 0.0221. The number of aliphatic hydroxyl groups excluding tert-OH is 1. The van der Waals surface area contributed by atoms with Gasteiger partial charge in [-0.25, -0.2) is 0 Å². The van der Waals surface area contributed by atoms with Crippen molar-refractivity contribution in [3.63, 3.8) is 0 Å². The molecular weight excluding hydrogens is 524 g/mol. The number of aryl methyl sites for hydroxylation is 2. The molecule has 3 fully saturated rings. The molecule has 4 rings (SSSR count). The molecule has 2 bridgehead atoms. The molecule has 3 aliphatic rings.